The zero-order valence-electron chi connectivity index (χ0n) is 16.8. The molecule has 0 aliphatic carbocycles. The zero-order chi connectivity index (χ0) is 19.6. The van der Waals surface area contributed by atoms with Gasteiger partial charge in [-0.2, -0.15) is 9.29 Å². The maximum absolute atomic E-state index is 13.1. The summed E-state index contributed by atoms with van der Waals surface area (Å²) in [6.45, 7) is 7.35. The molecule has 7 nitrogen and oxygen atoms in total. The van der Waals surface area contributed by atoms with Crippen LogP contribution in [0, 0.1) is 11.8 Å². The smallest absolute Gasteiger partial charge is 0.257 e. The first-order valence-electron chi connectivity index (χ1n) is 9.40. The minimum Gasteiger partial charge on any atom is -0.334 e. The van der Waals surface area contributed by atoms with Crippen molar-refractivity contribution in [2.75, 3.05) is 20.1 Å². The second kappa shape index (κ2) is 9.35. The van der Waals surface area contributed by atoms with Crippen LogP contribution in [-0.2, 0) is 16.4 Å². The highest BCUT2D eigenvalue weighted by Crippen LogP contribution is 2.28. The van der Waals surface area contributed by atoms with Crippen molar-refractivity contribution < 1.29 is 12.9 Å². The van der Waals surface area contributed by atoms with Gasteiger partial charge < -0.3 is 9.84 Å². The molecule has 9 heteroatoms. The molecule has 0 spiro atoms. The molecule has 1 fully saturated rings. The van der Waals surface area contributed by atoms with Crippen molar-refractivity contribution in [1.29, 1.82) is 0 Å². The molecule has 3 atom stereocenters. The van der Waals surface area contributed by atoms with Gasteiger partial charge in [0.15, 0.2) is 5.82 Å². The average molecular weight is 429 g/mol. The molecule has 1 aromatic heterocycles. The van der Waals surface area contributed by atoms with Gasteiger partial charge in [-0.1, -0.05) is 25.1 Å². The summed E-state index contributed by atoms with van der Waals surface area (Å²) in [5.74, 6) is 1.66. The molecule has 156 valence electrons. The van der Waals surface area contributed by atoms with E-state index in [0.29, 0.717) is 48.6 Å². The first-order valence-corrected chi connectivity index (χ1v) is 10.8. The van der Waals surface area contributed by atoms with Gasteiger partial charge in [0.25, 0.3) is 5.89 Å². The predicted molar refractivity (Wildman–Crippen MR) is 111 cm³/mol. The third-order valence-corrected chi connectivity index (χ3v) is 6.83. The number of rotatable bonds is 6. The normalized spacial score (nSPS) is 21.9. The summed E-state index contributed by atoms with van der Waals surface area (Å²) in [7, 11) is -1.66. The monoisotopic (exact) mass is 428 g/mol. The molecule has 0 bridgehead atoms. The van der Waals surface area contributed by atoms with Gasteiger partial charge in [-0.15, -0.1) is 12.4 Å². The largest absolute Gasteiger partial charge is 0.334 e. The highest BCUT2D eigenvalue weighted by atomic mass is 35.5. The summed E-state index contributed by atoms with van der Waals surface area (Å²) in [4.78, 5) is 4.67. The molecule has 1 aromatic carbocycles. The Labute approximate surface area is 173 Å². The van der Waals surface area contributed by atoms with Crippen LogP contribution in [0.2, 0.25) is 0 Å². The predicted octanol–water partition coefficient (Wildman–Crippen LogP) is 2.98. The molecule has 3 rings (SSSR count). The van der Waals surface area contributed by atoms with E-state index in [1.807, 2.05) is 14.0 Å². The van der Waals surface area contributed by atoms with Gasteiger partial charge in [0.05, 0.1) is 4.90 Å². The third-order valence-electron chi connectivity index (χ3n) is 5.00. The van der Waals surface area contributed by atoms with Gasteiger partial charge in [0.2, 0.25) is 10.0 Å². The second-order valence-corrected chi connectivity index (χ2v) is 9.64. The van der Waals surface area contributed by atoms with Crippen LogP contribution in [-0.4, -0.2) is 49.0 Å². The molecule has 1 saturated heterocycles. The number of nitrogens with one attached hydrogen (secondary N) is 1. The first-order chi connectivity index (χ1) is 12.8. The number of aromatic nitrogens is 2. The fourth-order valence-electron chi connectivity index (χ4n) is 3.57. The Morgan fingerprint density at radius 2 is 1.96 bits per heavy atom. The zero-order valence-corrected chi connectivity index (χ0v) is 18.4. The molecule has 1 N–H and O–H groups in total. The molecular formula is C19H29ClN4O3S. The van der Waals surface area contributed by atoms with E-state index in [-0.39, 0.29) is 23.3 Å². The summed E-state index contributed by atoms with van der Waals surface area (Å²) in [6, 6.07) is 6.99. The van der Waals surface area contributed by atoms with Crippen molar-refractivity contribution in [3.63, 3.8) is 0 Å². The summed E-state index contributed by atoms with van der Waals surface area (Å²) >= 11 is 0. The Balaban J connectivity index is 0.00000280. The summed E-state index contributed by atoms with van der Waals surface area (Å²) in [5, 5.41) is 7.12. The SMILES string of the molecule is CNC(C)Cc1noc(-c2cccc(S(=O)(=O)N3CC(C)CC(C)C3)c2)n1.Cl. The molecule has 2 heterocycles. The van der Waals surface area contributed by atoms with Crippen molar-refractivity contribution >= 4 is 22.4 Å². The van der Waals surface area contributed by atoms with E-state index in [2.05, 4.69) is 29.3 Å². The van der Waals surface area contributed by atoms with Crippen LogP contribution >= 0.6 is 12.4 Å². The van der Waals surface area contributed by atoms with Gasteiger partial charge in [0.1, 0.15) is 0 Å². The molecule has 0 amide bonds. The fraction of sp³-hybridized carbons (Fsp3) is 0.579. The van der Waals surface area contributed by atoms with Gasteiger partial charge in [-0.05, 0) is 50.4 Å². The number of piperidine rings is 1. The van der Waals surface area contributed by atoms with E-state index >= 15 is 0 Å². The molecule has 1 aliphatic rings. The number of halogens is 1. The number of hydrogen-bond donors (Lipinski definition) is 1. The van der Waals surface area contributed by atoms with E-state index < -0.39 is 10.0 Å². The summed E-state index contributed by atoms with van der Waals surface area (Å²) < 4.78 is 33.1. The van der Waals surface area contributed by atoms with E-state index in [9.17, 15) is 8.42 Å². The fourth-order valence-corrected chi connectivity index (χ4v) is 5.30. The molecule has 2 aromatic rings. The molecular weight excluding hydrogens is 400 g/mol. The minimum absolute atomic E-state index is 0. The highest BCUT2D eigenvalue weighted by Gasteiger charge is 2.32. The Hall–Kier alpha value is -1.48. The van der Waals surface area contributed by atoms with Crippen LogP contribution in [0.3, 0.4) is 0 Å². The van der Waals surface area contributed by atoms with Crippen molar-refractivity contribution in [2.45, 2.75) is 44.6 Å². The van der Waals surface area contributed by atoms with Crippen LogP contribution in [0.4, 0.5) is 0 Å². The molecule has 1 aliphatic heterocycles. The van der Waals surface area contributed by atoms with Gasteiger partial charge in [-0.3, -0.25) is 0 Å². The van der Waals surface area contributed by atoms with Crippen LogP contribution in [0.5, 0.6) is 0 Å². The maximum Gasteiger partial charge on any atom is 0.257 e. The lowest BCUT2D eigenvalue weighted by molar-refractivity contribution is 0.222. The molecule has 0 saturated carbocycles. The lowest BCUT2D eigenvalue weighted by atomic mass is 9.94. The highest BCUT2D eigenvalue weighted by molar-refractivity contribution is 7.89. The van der Waals surface area contributed by atoms with Gasteiger partial charge in [-0.25, -0.2) is 8.42 Å². The van der Waals surface area contributed by atoms with Crippen LogP contribution in [0.1, 0.15) is 33.0 Å². The number of hydrogen-bond acceptors (Lipinski definition) is 6. The van der Waals surface area contributed by atoms with Gasteiger partial charge in [0, 0.05) is 31.1 Å². The number of nitrogens with zero attached hydrogens (tertiary/aromatic N) is 3. The molecule has 0 radical (unpaired) electrons. The Morgan fingerprint density at radius 3 is 2.61 bits per heavy atom. The Bertz CT molecular complexity index is 877. The lowest BCUT2D eigenvalue weighted by Crippen LogP contribution is -2.42. The standard InChI is InChI=1S/C19H28N4O3S.ClH/c1-13-8-14(2)12-23(11-13)27(24,25)17-7-5-6-16(10-17)19-21-18(22-26-19)9-15(3)20-4;/h5-7,10,13-15,20H,8-9,11-12H2,1-4H3;1H. The third kappa shape index (κ3) is 5.11. The van der Waals surface area contributed by atoms with Gasteiger partial charge >= 0.3 is 0 Å². The van der Waals surface area contributed by atoms with Crippen LogP contribution < -0.4 is 5.32 Å². The van der Waals surface area contributed by atoms with Crippen molar-refractivity contribution in [3.8, 4) is 11.5 Å². The number of likely N-dealkylation sites (N-methyl/N-ethyl adjacent to an activating group) is 1. The van der Waals surface area contributed by atoms with Crippen LogP contribution in [0.15, 0.2) is 33.7 Å². The summed E-state index contributed by atoms with van der Waals surface area (Å²) in [5.41, 5.74) is 0.616. The summed E-state index contributed by atoms with van der Waals surface area (Å²) in [6.07, 6.45) is 1.70. The lowest BCUT2D eigenvalue weighted by Gasteiger charge is -2.34. The maximum atomic E-state index is 13.1. The topological polar surface area (TPSA) is 88.3 Å². The Morgan fingerprint density at radius 1 is 1.29 bits per heavy atom. The number of benzene rings is 1. The second-order valence-electron chi connectivity index (χ2n) is 7.71. The van der Waals surface area contributed by atoms with E-state index in [0.717, 1.165) is 6.42 Å². The Kier molecular flexibility index (Phi) is 7.61. The van der Waals surface area contributed by atoms with E-state index in [4.69, 9.17) is 4.52 Å². The average Bonchev–Trinajstić information content (AvgIpc) is 3.09. The van der Waals surface area contributed by atoms with Crippen molar-refractivity contribution in [3.05, 3.63) is 30.1 Å². The molecule has 28 heavy (non-hydrogen) atoms. The van der Waals surface area contributed by atoms with E-state index in [1.165, 1.54) is 0 Å². The van der Waals surface area contributed by atoms with Crippen LogP contribution in [0.25, 0.3) is 11.5 Å². The van der Waals surface area contributed by atoms with Crippen molar-refractivity contribution in [1.82, 2.24) is 19.8 Å². The quantitative estimate of drug-likeness (QED) is 0.760. The van der Waals surface area contributed by atoms with Crippen molar-refractivity contribution in [2.24, 2.45) is 11.8 Å². The van der Waals surface area contributed by atoms with E-state index in [1.54, 1.807) is 28.6 Å². The minimum atomic E-state index is -3.54. The number of sulfonamides is 1. The first kappa shape index (κ1) is 22.8. The molecule has 3 unspecified atom stereocenters.